The van der Waals surface area contributed by atoms with Gasteiger partial charge in [-0.05, 0) is 36.8 Å². The Hall–Kier alpha value is -1.98. The Labute approximate surface area is 144 Å². The largest absolute Gasteiger partial charge is 0.338 e. The van der Waals surface area contributed by atoms with Gasteiger partial charge in [-0.25, -0.2) is 4.79 Å². The van der Waals surface area contributed by atoms with Gasteiger partial charge in [0.1, 0.15) is 5.25 Å². The quantitative estimate of drug-likeness (QED) is 0.802. The van der Waals surface area contributed by atoms with Gasteiger partial charge in [-0.15, -0.1) is 11.8 Å². The van der Waals surface area contributed by atoms with Crippen molar-refractivity contribution in [1.29, 1.82) is 0 Å². The summed E-state index contributed by atoms with van der Waals surface area (Å²) in [6, 6.07) is 16.1. The van der Waals surface area contributed by atoms with E-state index in [1.54, 1.807) is 19.1 Å². The maximum atomic E-state index is 12.5. The molecule has 0 saturated carbocycles. The van der Waals surface area contributed by atoms with E-state index < -0.39 is 11.3 Å². The second-order valence-corrected chi connectivity index (χ2v) is 6.33. The highest BCUT2D eigenvalue weighted by Crippen LogP contribution is 2.35. The van der Waals surface area contributed by atoms with Gasteiger partial charge in [-0.1, -0.05) is 41.9 Å². The SMILES string of the molecule is CCNC(=O)NC(=O)[C@H](Sc1ccc(Cl)cc1)c1ccccc1. The van der Waals surface area contributed by atoms with Crippen LogP contribution in [-0.4, -0.2) is 18.5 Å². The van der Waals surface area contributed by atoms with Crippen molar-refractivity contribution in [3.63, 3.8) is 0 Å². The summed E-state index contributed by atoms with van der Waals surface area (Å²) in [4.78, 5) is 25.0. The Kier molecular flexibility index (Phi) is 6.50. The molecule has 0 radical (unpaired) electrons. The van der Waals surface area contributed by atoms with E-state index in [1.807, 2.05) is 42.5 Å². The minimum absolute atomic E-state index is 0.359. The third kappa shape index (κ3) is 5.30. The molecule has 4 nitrogen and oxygen atoms in total. The topological polar surface area (TPSA) is 58.2 Å². The lowest BCUT2D eigenvalue weighted by atomic mass is 10.1. The number of nitrogens with one attached hydrogen (secondary N) is 2. The Morgan fingerprint density at radius 1 is 1.09 bits per heavy atom. The van der Waals surface area contributed by atoms with Gasteiger partial charge >= 0.3 is 6.03 Å². The van der Waals surface area contributed by atoms with Crippen LogP contribution in [0.3, 0.4) is 0 Å². The van der Waals surface area contributed by atoms with E-state index in [4.69, 9.17) is 11.6 Å². The molecule has 2 N–H and O–H groups in total. The van der Waals surface area contributed by atoms with Gasteiger partial charge in [0.15, 0.2) is 0 Å². The van der Waals surface area contributed by atoms with Gasteiger partial charge in [0.05, 0.1) is 0 Å². The normalized spacial score (nSPS) is 11.6. The standard InChI is InChI=1S/C17H17ClN2O2S/c1-2-19-17(22)20-16(21)15(12-6-4-3-5-7-12)23-14-10-8-13(18)9-11-14/h3-11,15H,2H2,1H3,(H2,19,20,21,22)/t15-/m1/s1. The maximum absolute atomic E-state index is 12.5. The highest BCUT2D eigenvalue weighted by atomic mass is 35.5. The summed E-state index contributed by atoms with van der Waals surface area (Å²) < 4.78 is 0. The monoisotopic (exact) mass is 348 g/mol. The predicted octanol–water partition coefficient (Wildman–Crippen LogP) is 4.02. The lowest BCUT2D eigenvalue weighted by molar-refractivity contribution is -0.119. The van der Waals surface area contributed by atoms with Crippen LogP contribution >= 0.6 is 23.4 Å². The fourth-order valence-corrected chi connectivity index (χ4v) is 3.08. The molecule has 0 unspecified atom stereocenters. The number of thioether (sulfide) groups is 1. The average molecular weight is 349 g/mol. The molecule has 0 fully saturated rings. The van der Waals surface area contributed by atoms with Crippen molar-refractivity contribution >= 4 is 35.3 Å². The second kappa shape index (κ2) is 8.60. The molecule has 2 aromatic carbocycles. The van der Waals surface area contributed by atoms with E-state index in [1.165, 1.54) is 11.8 Å². The lowest BCUT2D eigenvalue weighted by Gasteiger charge is -2.16. The molecule has 0 spiro atoms. The molecule has 1 atom stereocenters. The van der Waals surface area contributed by atoms with Gasteiger partial charge in [0.25, 0.3) is 0 Å². The summed E-state index contributed by atoms with van der Waals surface area (Å²) in [6.07, 6.45) is 0. The number of hydrogen-bond acceptors (Lipinski definition) is 3. The molecule has 6 heteroatoms. The Morgan fingerprint density at radius 2 is 1.74 bits per heavy atom. The number of carbonyl (C=O) groups excluding carboxylic acids is 2. The summed E-state index contributed by atoms with van der Waals surface area (Å²) in [7, 11) is 0. The molecule has 2 aromatic rings. The van der Waals surface area contributed by atoms with Crippen LogP contribution in [0.4, 0.5) is 4.79 Å². The molecule has 120 valence electrons. The van der Waals surface area contributed by atoms with Gasteiger partial charge in [0, 0.05) is 16.5 Å². The molecule has 0 bridgehead atoms. The van der Waals surface area contributed by atoms with E-state index in [2.05, 4.69) is 10.6 Å². The van der Waals surface area contributed by atoms with Crippen molar-refractivity contribution in [2.45, 2.75) is 17.1 Å². The third-order valence-corrected chi connectivity index (χ3v) is 4.50. The lowest BCUT2D eigenvalue weighted by Crippen LogP contribution is -2.41. The minimum Gasteiger partial charge on any atom is -0.338 e. The van der Waals surface area contributed by atoms with Crippen LogP contribution < -0.4 is 10.6 Å². The number of hydrogen-bond donors (Lipinski definition) is 2. The zero-order valence-electron chi connectivity index (χ0n) is 12.6. The molecule has 0 aliphatic rings. The van der Waals surface area contributed by atoms with Gasteiger partial charge in [-0.2, -0.15) is 0 Å². The first kappa shape index (κ1) is 17.4. The molecule has 0 aromatic heterocycles. The fraction of sp³-hybridized carbons (Fsp3) is 0.176. The van der Waals surface area contributed by atoms with E-state index in [0.29, 0.717) is 11.6 Å². The summed E-state index contributed by atoms with van der Waals surface area (Å²) in [5.41, 5.74) is 0.828. The second-order valence-electron chi connectivity index (χ2n) is 4.71. The predicted molar refractivity (Wildman–Crippen MR) is 93.7 cm³/mol. The molecule has 3 amide bonds. The molecule has 0 aliphatic carbocycles. The van der Waals surface area contributed by atoms with Crippen molar-refractivity contribution in [3.8, 4) is 0 Å². The third-order valence-electron chi connectivity index (χ3n) is 2.98. The van der Waals surface area contributed by atoms with Crippen LogP contribution in [0, 0.1) is 0 Å². The van der Waals surface area contributed by atoms with Crippen molar-refractivity contribution in [2.75, 3.05) is 6.54 Å². The number of benzene rings is 2. The van der Waals surface area contributed by atoms with Gasteiger partial charge in [0.2, 0.25) is 5.91 Å². The molecule has 23 heavy (non-hydrogen) atoms. The zero-order chi connectivity index (χ0) is 16.7. The molecule has 0 saturated heterocycles. The van der Waals surface area contributed by atoms with E-state index in [0.717, 1.165) is 10.5 Å². The molecular weight excluding hydrogens is 332 g/mol. The first-order valence-electron chi connectivity index (χ1n) is 7.16. The summed E-state index contributed by atoms with van der Waals surface area (Å²) in [5.74, 6) is -0.359. The van der Waals surface area contributed by atoms with Crippen molar-refractivity contribution < 1.29 is 9.59 Å². The van der Waals surface area contributed by atoms with E-state index in [-0.39, 0.29) is 5.91 Å². The Bertz CT molecular complexity index is 662. The zero-order valence-corrected chi connectivity index (χ0v) is 14.2. The Morgan fingerprint density at radius 3 is 2.35 bits per heavy atom. The highest BCUT2D eigenvalue weighted by molar-refractivity contribution is 8.00. The first-order valence-corrected chi connectivity index (χ1v) is 8.41. The van der Waals surface area contributed by atoms with E-state index in [9.17, 15) is 9.59 Å². The van der Waals surface area contributed by atoms with Gasteiger partial charge < -0.3 is 5.32 Å². The highest BCUT2D eigenvalue weighted by Gasteiger charge is 2.23. The van der Waals surface area contributed by atoms with E-state index >= 15 is 0 Å². The number of rotatable bonds is 5. The summed E-state index contributed by atoms with van der Waals surface area (Å²) in [5, 5.41) is 5.04. The van der Waals surface area contributed by atoms with Crippen LogP contribution in [0.5, 0.6) is 0 Å². The molecule has 0 aliphatic heterocycles. The number of carbonyl (C=O) groups is 2. The van der Waals surface area contributed by atoms with Gasteiger partial charge in [-0.3, -0.25) is 10.1 Å². The van der Waals surface area contributed by atoms with Crippen molar-refractivity contribution in [3.05, 3.63) is 65.2 Å². The number of amides is 3. The van der Waals surface area contributed by atoms with Crippen molar-refractivity contribution in [2.24, 2.45) is 0 Å². The van der Waals surface area contributed by atoms with Crippen molar-refractivity contribution in [1.82, 2.24) is 10.6 Å². The van der Waals surface area contributed by atoms with Crippen LogP contribution in [0.15, 0.2) is 59.5 Å². The smallest absolute Gasteiger partial charge is 0.321 e. The summed E-state index contributed by atoms with van der Waals surface area (Å²) in [6.45, 7) is 2.25. The maximum Gasteiger partial charge on any atom is 0.321 e. The number of imide groups is 1. The first-order chi connectivity index (χ1) is 11.1. The molecule has 2 rings (SSSR count). The van der Waals surface area contributed by atoms with Crippen LogP contribution in [0.1, 0.15) is 17.7 Å². The number of urea groups is 1. The van der Waals surface area contributed by atoms with Crippen LogP contribution in [0.2, 0.25) is 5.02 Å². The van der Waals surface area contributed by atoms with Crippen LogP contribution in [0.25, 0.3) is 0 Å². The van der Waals surface area contributed by atoms with Crippen LogP contribution in [-0.2, 0) is 4.79 Å². The Balaban J connectivity index is 2.20. The minimum atomic E-state index is -0.528. The number of halogens is 1. The average Bonchev–Trinajstić information content (AvgIpc) is 2.55. The molecular formula is C17H17ClN2O2S. The fourth-order valence-electron chi connectivity index (χ4n) is 1.93. The summed E-state index contributed by atoms with van der Waals surface area (Å²) >= 11 is 7.26. The molecule has 0 heterocycles.